The molecule has 0 saturated carbocycles. The number of aliphatic hydroxyl groups excluding tert-OH is 2. The van der Waals surface area contributed by atoms with E-state index in [4.69, 9.17) is 0 Å². The summed E-state index contributed by atoms with van der Waals surface area (Å²) in [6.45, 7) is 4.37. The summed E-state index contributed by atoms with van der Waals surface area (Å²) in [6, 6.07) is -0.528. The van der Waals surface area contributed by atoms with Crippen molar-refractivity contribution >= 4 is 5.91 Å². The van der Waals surface area contributed by atoms with Gasteiger partial charge < -0.3 is 15.5 Å². The molecule has 0 aliphatic carbocycles. The second kappa shape index (κ2) is 49.8. The molecular formula is C53H107NO3. The molecule has 0 aromatic rings. The Morgan fingerprint density at radius 3 is 0.789 bits per heavy atom. The third-order valence-electron chi connectivity index (χ3n) is 12.9. The average Bonchev–Trinajstić information content (AvgIpc) is 3.22. The monoisotopic (exact) mass is 806 g/mol. The molecule has 0 spiro atoms. The molecule has 0 saturated heterocycles. The van der Waals surface area contributed by atoms with Crippen molar-refractivity contribution in [2.75, 3.05) is 6.61 Å². The van der Waals surface area contributed by atoms with E-state index in [9.17, 15) is 15.0 Å². The highest BCUT2D eigenvalue weighted by Crippen LogP contribution is 2.18. The van der Waals surface area contributed by atoms with Crippen LogP contribution in [-0.4, -0.2) is 34.9 Å². The van der Waals surface area contributed by atoms with E-state index < -0.39 is 12.1 Å². The molecule has 342 valence electrons. The number of amides is 1. The Hall–Kier alpha value is -0.610. The molecule has 0 aromatic heterocycles. The Balaban J connectivity index is 3.29. The van der Waals surface area contributed by atoms with Gasteiger partial charge in [0, 0.05) is 6.42 Å². The van der Waals surface area contributed by atoms with Gasteiger partial charge in [0.1, 0.15) is 0 Å². The normalized spacial score (nSPS) is 12.7. The van der Waals surface area contributed by atoms with Gasteiger partial charge in [0.05, 0.1) is 18.8 Å². The predicted molar refractivity (Wildman–Crippen MR) is 253 cm³/mol. The average molecular weight is 806 g/mol. The maximum absolute atomic E-state index is 12.4. The van der Waals surface area contributed by atoms with Crippen molar-refractivity contribution in [1.82, 2.24) is 5.32 Å². The van der Waals surface area contributed by atoms with Crippen molar-refractivity contribution < 1.29 is 15.0 Å². The molecule has 3 N–H and O–H groups in total. The molecule has 1 amide bonds. The minimum atomic E-state index is -0.652. The summed E-state index contributed by atoms with van der Waals surface area (Å²) in [4.78, 5) is 12.4. The quantitative estimate of drug-likeness (QED) is 0.0536. The van der Waals surface area contributed by atoms with Gasteiger partial charge in [-0.3, -0.25) is 4.79 Å². The van der Waals surface area contributed by atoms with Gasteiger partial charge >= 0.3 is 0 Å². The number of carbonyl (C=O) groups is 1. The number of rotatable bonds is 50. The zero-order valence-electron chi connectivity index (χ0n) is 39.4. The first kappa shape index (κ1) is 56.4. The van der Waals surface area contributed by atoms with E-state index >= 15 is 0 Å². The van der Waals surface area contributed by atoms with E-state index in [1.54, 1.807) is 0 Å². The molecule has 0 fully saturated rings. The summed E-state index contributed by atoms with van der Waals surface area (Å²) in [7, 11) is 0. The lowest BCUT2D eigenvalue weighted by atomic mass is 10.0. The maximum Gasteiger partial charge on any atom is 0.220 e. The highest BCUT2D eigenvalue weighted by Gasteiger charge is 2.20. The van der Waals surface area contributed by atoms with E-state index in [1.807, 2.05) is 0 Å². The lowest BCUT2D eigenvalue weighted by Crippen LogP contribution is -2.45. The minimum absolute atomic E-state index is 0.0265. The van der Waals surface area contributed by atoms with Crippen molar-refractivity contribution in [2.45, 2.75) is 328 Å². The molecule has 57 heavy (non-hydrogen) atoms. The van der Waals surface area contributed by atoms with Gasteiger partial charge in [0.15, 0.2) is 0 Å². The molecule has 0 rings (SSSR count). The second-order valence-corrected chi connectivity index (χ2v) is 18.7. The molecule has 0 heterocycles. The smallest absolute Gasteiger partial charge is 0.220 e. The number of hydrogen-bond acceptors (Lipinski definition) is 3. The predicted octanol–water partition coefficient (Wildman–Crippen LogP) is 17.2. The van der Waals surface area contributed by atoms with Crippen LogP contribution in [0.3, 0.4) is 0 Å². The van der Waals surface area contributed by atoms with Crippen molar-refractivity contribution in [3.05, 3.63) is 0 Å². The van der Waals surface area contributed by atoms with Crippen LogP contribution in [0.2, 0.25) is 0 Å². The first-order chi connectivity index (χ1) is 28.2. The number of nitrogens with one attached hydrogen (secondary N) is 1. The Morgan fingerprint density at radius 1 is 0.351 bits per heavy atom. The fraction of sp³-hybridized carbons (Fsp3) is 0.981. The molecule has 4 nitrogen and oxygen atoms in total. The van der Waals surface area contributed by atoms with Crippen LogP contribution in [0.5, 0.6) is 0 Å². The molecule has 0 aromatic carbocycles. The summed E-state index contributed by atoms with van der Waals surface area (Å²) < 4.78 is 0. The van der Waals surface area contributed by atoms with Crippen LogP contribution in [0.25, 0.3) is 0 Å². The molecule has 4 heteroatoms. The van der Waals surface area contributed by atoms with E-state index in [1.165, 1.54) is 263 Å². The maximum atomic E-state index is 12.4. The SMILES string of the molecule is CCCCCCCCCCCCCCCCCCCCCCCCCCCCCCCCCCCCCCC(=O)N[C@@H](CO)[C@H](O)CCCCCCCCCCC. The summed E-state index contributed by atoms with van der Waals surface area (Å²) in [5.41, 5.74) is 0. The number of aliphatic hydroxyl groups is 2. The van der Waals surface area contributed by atoms with Gasteiger partial charge in [-0.25, -0.2) is 0 Å². The van der Waals surface area contributed by atoms with Crippen LogP contribution in [-0.2, 0) is 4.79 Å². The highest BCUT2D eigenvalue weighted by molar-refractivity contribution is 5.76. The van der Waals surface area contributed by atoms with Gasteiger partial charge in [-0.2, -0.15) is 0 Å². The van der Waals surface area contributed by atoms with Gasteiger partial charge in [0.25, 0.3) is 0 Å². The Morgan fingerprint density at radius 2 is 0.561 bits per heavy atom. The van der Waals surface area contributed by atoms with Crippen molar-refractivity contribution in [3.63, 3.8) is 0 Å². The zero-order valence-corrected chi connectivity index (χ0v) is 39.4. The van der Waals surface area contributed by atoms with Crippen molar-refractivity contribution in [1.29, 1.82) is 0 Å². The van der Waals surface area contributed by atoms with Crippen LogP contribution in [0.4, 0.5) is 0 Å². The van der Waals surface area contributed by atoms with E-state index in [0.717, 1.165) is 25.7 Å². The number of carbonyl (C=O) groups excluding carboxylic acids is 1. The molecule has 0 aliphatic heterocycles. The zero-order chi connectivity index (χ0) is 41.4. The summed E-state index contributed by atoms with van der Waals surface area (Å²) in [5, 5.41) is 23.1. The first-order valence-electron chi connectivity index (χ1n) is 26.7. The molecule has 0 unspecified atom stereocenters. The van der Waals surface area contributed by atoms with Crippen molar-refractivity contribution in [3.8, 4) is 0 Å². The lowest BCUT2D eigenvalue weighted by molar-refractivity contribution is -0.123. The summed E-state index contributed by atoms with van der Waals surface area (Å²) >= 11 is 0. The lowest BCUT2D eigenvalue weighted by Gasteiger charge is -2.22. The van der Waals surface area contributed by atoms with Gasteiger partial charge in [-0.1, -0.05) is 296 Å². The minimum Gasteiger partial charge on any atom is -0.394 e. The van der Waals surface area contributed by atoms with E-state index in [-0.39, 0.29) is 12.5 Å². The molecule has 0 radical (unpaired) electrons. The molecule has 0 aliphatic rings. The summed E-state index contributed by atoms with van der Waals surface area (Å²) in [5.74, 6) is -0.0265. The highest BCUT2D eigenvalue weighted by atomic mass is 16.3. The number of hydrogen-bond donors (Lipinski definition) is 3. The Bertz CT molecular complexity index is 744. The van der Waals surface area contributed by atoms with E-state index in [0.29, 0.717) is 12.8 Å². The van der Waals surface area contributed by atoms with Crippen LogP contribution < -0.4 is 5.32 Å². The largest absolute Gasteiger partial charge is 0.394 e. The van der Waals surface area contributed by atoms with Crippen LogP contribution in [0, 0.1) is 0 Å². The topological polar surface area (TPSA) is 69.6 Å². The third kappa shape index (κ3) is 46.3. The first-order valence-corrected chi connectivity index (χ1v) is 26.7. The molecule has 0 bridgehead atoms. The van der Waals surface area contributed by atoms with Crippen molar-refractivity contribution in [2.24, 2.45) is 0 Å². The van der Waals surface area contributed by atoms with Crippen LogP contribution >= 0.6 is 0 Å². The van der Waals surface area contributed by atoms with Gasteiger partial charge in [0.2, 0.25) is 5.91 Å². The van der Waals surface area contributed by atoms with Crippen LogP contribution in [0.1, 0.15) is 316 Å². The van der Waals surface area contributed by atoms with Crippen LogP contribution in [0.15, 0.2) is 0 Å². The number of unbranched alkanes of at least 4 members (excludes halogenated alkanes) is 43. The third-order valence-corrected chi connectivity index (χ3v) is 12.9. The Labute approximate surface area is 359 Å². The van der Waals surface area contributed by atoms with E-state index in [2.05, 4.69) is 19.2 Å². The fourth-order valence-electron chi connectivity index (χ4n) is 8.78. The summed E-state index contributed by atoms with van der Waals surface area (Å²) in [6.07, 6.45) is 62.5. The molecule has 2 atom stereocenters. The fourth-order valence-corrected chi connectivity index (χ4v) is 8.78. The second-order valence-electron chi connectivity index (χ2n) is 18.7. The Kier molecular flexibility index (Phi) is 49.2. The standard InChI is InChI=1S/C53H107NO3/c1-3-5-7-9-11-13-14-15-16-17-18-19-20-21-22-23-24-25-26-27-28-29-30-31-32-33-34-35-36-37-38-39-41-43-45-47-49-53(57)54-51(50-55)52(56)48-46-44-42-40-12-10-8-6-4-2/h51-52,55-56H,3-50H2,1-2H3,(H,54,57)/t51-,52+/m0/s1. The van der Waals surface area contributed by atoms with Gasteiger partial charge in [-0.15, -0.1) is 0 Å². The van der Waals surface area contributed by atoms with Gasteiger partial charge in [-0.05, 0) is 12.8 Å². The molecular weight excluding hydrogens is 699 g/mol.